The molecule has 1 aliphatic rings. The first kappa shape index (κ1) is 14.0. The molecule has 0 saturated carbocycles. The molecule has 0 spiro atoms. The molecule has 1 N–H and O–H groups in total. The number of nitrogens with one attached hydrogen (secondary N) is 1. The molecule has 1 amide bonds. The number of benzene rings is 1. The Bertz CT molecular complexity index is 476. The van der Waals surface area contributed by atoms with Crippen LogP contribution in [0.25, 0.3) is 0 Å². The third-order valence-electron chi connectivity index (χ3n) is 3.38. The van der Waals surface area contributed by atoms with Gasteiger partial charge in [0.25, 0.3) is 0 Å². The summed E-state index contributed by atoms with van der Waals surface area (Å²) in [6.07, 6.45) is -0.428. The Kier molecular flexibility index (Phi) is 3.87. The van der Waals surface area contributed by atoms with Gasteiger partial charge in [0.1, 0.15) is 12.0 Å². The Balaban J connectivity index is 2.25. The SMILES string of the molecule is COC(C)(C)CN1C(=O)CNC1c1ccccc1F. The van der Waals surface area contributed by atoms with Crippen molar-refractivity contribution >= 4 is 5.91 Å². The van der Waals surface area contributed by atoms with Gasteiger partial charge in [0.15, 0.2) is 0 Å². The van der Waals surface area contributed by atoms with E-state index < -0.39 is 11.8 Å². The average molecular weight is 266 g/mol. The van der Waals surface area contributed by atoms with Crippen molar-refractivity contribution in [2.24, 2.45) is 0 Å². The second-order valence-corrected chi connectivity index (χ2v) is 5.29. The first-order valence-corrected chi connectivity index (χ1v) is 6.27. The number of hydrogen-bond donors (Lipinski definition) is 1. The summed E-state index contributed by atoms with van der Waals surface area (Å²) in [7, 11) is 1.60. The fourth-order valence-electron chi connectivity index (χ4n) is 2.17. The number of ether oxygens (including phenoxy) is 1. The molecular formula is C14H19FN2O2. The van der Waals surface area contributed by atoms with E-state index in [0.717, 1.165) is 0 Å². The van der Waals surface area contributed by atoms with E-state index in [9.17, 15) is 9.18 Å². The molecule has 19 heavy (non-hydrogen) atoms. The van der Waals surface area contributed by atoms with E-state index in [4.69, 9.17) is 4.74 Å². The predicted octanol–water partition coefficient (Wildman–Crippen LogP) is 1.68. The van der Waals surface area contributed by atoms with Crippen LogP contribution in [0.4, 0.5) is 4.39 Å². The number of methoxy groups -OCH3 is 1. The third kappa shape index (κ3) is 2.93. The van der Waals surface area contributed by atoms with E-state index in [-0.39, 0.29) is 18.3 Å². The lowest BCUT2D eigenvalue weighted by Crippen LogP contribution is -2.43. The van der Waals surface area contributed by atoms with Crippen molar-refractivity contribution in [1.82, 2.24) is 10.2 Å². The van der Waals surface area contributed by atoms with Crippen LogP contribution in [0, 0.1) is 5.82 Å². The number of halogens is 1. The molecule has 2 rings (SSSR count). The van der Waals surface area contributed by atoms with E-state index in [1.807, 2.05) is 13.8 Å². The molecule has 1 aliphatic heterocycles. The highest BCUT2D eigenvalue weighted by molar-refractivity contribution is 5.81. The largest absolute Gasteiger partial charge is 0.377 e. The van der Waals surface area contributed by atoms with E-state index >= 15 is 0 Å². The zero-order chi connectivity index (χ0) is 14.0. The van der Waals surface area contributed by atoms with Crippen molar-refractivity contribution in [3.05, 3.63) is 35.6 Å². The highest BCUT2D eigenvalue weighted by Crippen LogP contribution is 2.26. The standard InChI is InChI=1S/C14H19FN2O2/c1-14(2,19-3)9-17-12(18)8-16-13(17)10-6-4-5-7-11(10)15/h4-7,13,16H,8-9H2,1-3H3. The molecular weight excluding hydrogens is 247 g/mol. The smallest absolute Gasteiger partial charge is 0.238 e. The van der Waals surface area contributed by atoms with Gasteiger partial charge in [-0.3, -0.25) is 10.1 Å². The summed E-state index contributed by atoms with van der Waals surface area (Å²) in [5, 5.41) is 3.04. The zero-order valence-corrected chi connectivity index (χ0v) is 11.4. The first-order chi connectivity index (χ1) is 8.94. The van der Waals surface area contributed by atoms with Crippen LogP contribution in [0.5, 0.6) is 0 Å². The van der Waals surface area contributed by atoms with Gasteiger partial charge in [-0.1, -0.05) is 18.2 Å². The van der Waals surface area contributed by atoms with Crippen LogP contribution in [0.2, 0.25) is 0 Å². The molecule has 1 aromatic rings. The molecule has 1 aromatic carbocycles. The molecule has 0 bridgehead atoms. The van der Waals surface area contributed by atoms with E-state index in [0.29, 0.717) is 12.1 Å². The molecule has 4 nitrogen and oxygen atoms in total. The fourth-order valence-corrected chi connectivity index (χ4v) is 2.17. The maximum Gasteiger partial charge on any atom is 0.238 e. The summed E-state index contributed by atoms with van der Waals surface area (Å²) in [6, 6.07) is 6.50. The summed E-state index contributed by atoms with van der Waals surface area (Å²) in [5.41, 5.74) is 0.0193. The number of nitrogens with zero attached hydrogens (tertiary/aromatic N) is 1. The lowest BCUT2D eigenvalue weighted by atomic mass is 10.1. The highest BCUT2D eigenvalue weighted by atomic mass is 19.1. The molecule has 1 atom stereocenters. The first-order valence-electron chi connectivity index (χ1n) is 6.27. The van der Waals surface area contributed by atoms with Crippen LogP contribution in [0.1, 0.15) is 25.6 Å². The third-order valence-corrected chi connectivity index (χ3v) is 3.38. The van der Waals surface area contributed by atoms with E-state index in [2.05, 4.69) is 5.32 Å². The molecule has 104 valence electrons. The maximum absolute atomic E-state index is 13.8. The quantitative estimate of drug-likeness (QED) is 0.901. The molecule has 1 fully saturated rings. The number of rotatable bonds is 4. The lowest BCUT2D eigenvalue weighted by molar-refractivity contribution is -0.131. The average Bonchev–Trinajstić information content (AvgIpc) is 2.71. The van der Waals surface area contributed by atoms with E-state index in [1.165, 1.54) is 6.07 Å². The monoisotopic (exact) mass is 266 g/mol. The minimum absolute atomic E-state index is 0.0432. The van der Waals surface area contributed by atoms with Gasteiger partial charge >= 0.3 is 0 Å². The highest BCUT2D eigenvalue weighted by Gasteiger charge is 2.36. The zero-order valence-electron chi connectivity index (χ0n) is 11.4. The summed E-state index contributed by atoms with van der Waals surface area (Å²) in [5.74, 6) is -0.353. The van der Waals surface area contributed by atoms with Gasteiger partial charge in [-0.25, -0.2) is 4.39 Å². The number of amides is 1. The topological polar surface area (TPSA) is 41.6 Å². The van der Waals surface area contributed by atoms with Gasteiger partial charge in [-0.05, 0) is 19.9 Å². The summed E-state index contributed by atoms with van der Waals surface area (Å²) >= 11 is 0. The van der Waals surface area contributed by atoms with E-state index in [1.54, 1.807) is 30.2 Å². The Morgan fingerprint density at radius 2 is 2.16 bits per heavy atom. The Labute approximate surface area is 112 Å². The lowest BCUT2D eigenvalue weighted by Gasteiger charge is -2.32. The van der Waals surface area contributed by atoms with Crippen molar-refractivity contribution in [2.45, 2.75) is 25.6 Å². The van der Waals surface area contributed by atoms with Gasteiger partial charge in [0, 0.05) is 12.7 Å². The Morgan fingerprint density at radius 3 is 2.79 bits per heavy atom. The predicted molar refractivity (Wildman–Crippen MR) is 69.9 cm³/mol. The maximum atomic E-state index is 13.8. The molecule has 1 saturated heterocycles. The number of carbonyl (C=O) groups excluding carboxylic acids is 1. The van der Waals surface area contributed by atoms with Crippen molar-refractivity contribution in [3.63, 3.8) is 0 Å². The van der Waals surface area contributed by atoms with Gasteiger partial charge in [0.2, 0.25) is 5.91 Å². The molecule has 1 unspecified atom stereocenters. The summed E-state index contributed by atoms with van der Waals surface area (Å²) in [4.78, 5) is 13.6. The fraction of sp³-hybridized carbons (Fsp3) is 0.500. The minimum atomic E-state index is -0.467. The van der Waals surface area contributed by atoms with Crippen LogP contribution in [0.3, 0.4) is 0 Å². The normalized spacial score (nSPS) is 20.1. The van der Waals surface area contributed by atoms with Crippen molar-refractivity contribution in [2.75, 3.05) is 20.2 Å². The summed E-state index contributed by atoms with van der Waals surface area (Å²) in [6.45, 7) is 4.43. The van der Waals surface area contributed by atoms with Gasteiger partial charge < -0.3 is 9.64 Å². The molecule has 0 aromatic heterocycles. The van der Waals surface area contributed by atoms with Crippen LogP contribution in [-0.2, 0) is 9.53 Å². The van der Waals surface area contributed by atoms with Gasteiger partial charge in [-0.2, -0.15) is 0 Å². The number of carbonyl (C=O) groups is 1. The van der Waals surface area contributed by atoms with Crippen LogP contribution in [-0.4, -0.2) is 36.6 Å². The minimum Gasteiger partial charge on any atom is -0.377 e. The Hall–Kier alpha value is -1.46. The second-order valence-electron chi connectivity index (χ2n) is 5.29. The molecule has 0 radical (unpaired) electrons. The van der Waals surface area contributed by atoms with Crippen molar-refractivity contribution in [3.8, 4) is 0 Å². The van der Waals surface area contributed by atoms with Crippen LogP contribution >= 0.6 is 0 Å². The van der Waals surface area contributed by atoms with Gasteiger partial charge in [0.05, 0.1) is 18.7 Å². The van der Waals surface area contributed by atoms with Crippen molar-refractivity contribution in [1.29, 1.82) is 0 Å². The summed E-state index contributed by atoms with van der Waals surface area (Å²) < 4.78 is 19.2. The van der Waals surface area contributed by atoms with Crippen LogP contribution < -0.4 is 5.32 Å². The Morgan fingerprint density at radius 1 is 1.47 bits per heavy atom. The molecule has 1 heterocycles. The van der Waals surface area contributed by atoms with Crippen LogP contribution in [0.15, 0.2) is 24.3 Å². The van der Waals surface area contributed by atoms with Crippen molar-refractivity contribution < 1.29 is 13.9 Å². The number of hydrogen-bond acceptors (Lipinski definition) is 3. The molecule has 0 aliphatic carbocycles. The van der Waals surface area contributed by atoms with Gasteiger partial charge in [-0.15, -0.1) is 0 Å². The molecule has 5 heteroatoms. The second kappa shape index (κ2) is 5.27.